The Bertz CT molecular complexity index is 118. The average molecular weight is 188 g/mol. The molecule has 0 aliphatic carbocycles. The molecule has 0 aliphatic rings. The maximum Gasteiger partial charge on any atom is 0.172 e. The van der Waals surface area contributed by atoms with E-state index >= 15 is 0 Å². The molecule has 80 valence electrons. The summed E-state index contributed by atoms with van der Waals surface area (Å²) in [5.41, 5.74) is 0. The molecular weight excluding hydrogens is 164 g/mol. The van der Waals surface area contributed by atoms with Crippen LogP contribution >= 0.6 is 0 Å². The Hall–Kier alpha value is -0.0800. The quantitative estimate of drug-likeness (QED) is 0.596. The van der Waals surface area contributed by atoms with Crippen molar-refractivity contribution in [3.63, 3.8) is 0 Å². The molecule has 0 rings (SSSR count). The largest absolute Gasteiger partial charge is 0.353 e. The first-order valence-electron chi connectivity index (χ1n) is 5.19. The van der Waals surface area contributed by atoms with Crippen LogP contribution in [0, 0.1) is 11.8 Å². The van der Waals surface area contributed by atoms with Gasteiger partial charge in [-0.05, 0) is 12.8 Å². The molecule has 13 heavy (non-hydrogen) atoms. The van der Waals surface area contributed by atoms with E-state index in [1.807, 2.05) is 0 Å². The number of hydrogen-bond acceptors (Lipinski definition) is 2. The Morgan fingerprint density at radius 2 is 1.23 bits per heavy atom. The van der Waals surface area contributed by atoms with E-state index in [1.54, 1.807) is 14.2 Å². The monoisotopic (exact) mass is 188 g/mol. The third-order valence-electron chi connectivity index (χ3n) is 3.24. The van der Waals surface area contributed by atoms with Crippen molar-refractivity contribution in [1.29, 1.82) is 0 Å². The lowest BCUT2D eigenvalue weighted by molar-refractivity contribution is -0.266. The van der Waals surface area contributed by atoms with Crippen LogP contribution in [0.15, 0.2) is 0 Å². The SMILES string of the molecule is CCC(C)C(OC)(OC)C(C)CC. The number of methoxy groups -OCH3 is 2. The van der Waals surface area contributed by atoms with Crippen molar-refractivity contribution in [3.8, 4) is 0 Å². The molecule has 0 aromatic heterocycles. The van der Waals surface area contributed by atoms with E-state index in [9.17, 15) is 0 Å². The van der Waals surface area contributed by atoms with Gasteiger partial charge >= 0.3 is 0 Å². The molecule has 2 heteroatoms. The summed E-state index contributed by atoms with van der Waals surface area (Å²) in [7, 11) is 3.48. The molecule has 0 N–H and O–H groups in total. The molecular formula is C11H24O2. The molecule has 0 heterocycles. The van der Waals surface area contributed by atoms with Crippen LogP contribution < -0.4 is 0 Å². The van der Waals surface area contributed by atoms with Gasteiger partial charge in [-0.3, -0.25) is 0 Å². The molecule has 2 nitrogen and oxygen atoms in total. The van der Waals surface area contributed by atoms with E-state index in [2.05, 4.69) is 27.7 Å². The van der Waals surface area contributed by atoms with E-state index < -0.39 is 5.79 Å². The molecule has 0 aromatic rings. The maximum atomic E-state index is 5.57. The second-order valence-corrected chi connectivity index (χ2v) is 3.75. The standard InChI is InChI=1S/C11H24O2/c1-7-9(3)11(12-5,13-6)10(4)8-2/h9-10H,7-8H2,1-6H3. The van der Waals surface area contributed by atoms with Crippen LogP contribution in [-0.2, 0) is 9.47 Å². The second-order valence-electron chi connectivity index (χ2n) is 3.75. The lowest BCUT2D eigenvalue weighted by Gasteiger charge is -2.40. The maximum absolute atomic E-state index is 5.57. The normalized spacial score (nSPS) is 17.1. The van der Waals surface area contributed by atoms with E-state index in [1.165, 1.54) is 0 Å². The lowest BCUT2D eigenvalue weighted by Crippen LogP contribution is -2.46. The summed E-state index contributed by atoms with van der Waals surface area (Å²) >= 11 is 0. The molecule has 2 atom stereocenters. The van der Waals surface area contributed by atoms with E-state index in [0.29, 0.717) is 11.8 Å². The Labute approximate surface area is 82.6 Å². The van der Waals surface area contributed by atoms with Gasteiger partial charge in [0, 0.05) is 26.1 Å². The van der Waals surface area contributed by atoms with Crippen molar-refractivity contribution in [2.75, 3.05) is 14.2 Å². The third-order valence-corrected chi connectivity index (χ3v) is 3.24. The lowest BCUT2D eigenvalue weighted by atomic mass is 9.85. The number of ether oxygens (including phenoxy) is 2. The van der Waals surface area contributed by atoms with Crippen LogP contribution in [0.4, 0.5) is 0 Å². The van der Waals surface area contributed by atoms with Crippen molar-refractivity contribution in [3.05, 3.63) is 0 Å². The molecule has 0 saturated heterocycles. The minimum Gasteiger partial charge on any atom is -0.353 e. The first-order valence-corrected chi connectivity index (χ1v) is 5.19. The minimum atomic E-state index is -0.399. The molecule has 0 amide bonds. The molecule has 0 spiro atoms. The van der Waals surface area contributed by atoms with Gasteiger partial charge in [-0.25, -0.2) is 0 Å². The Balaban J connectivity index is 4.67. The zero-order chi connectivity index (χ0) is 10.5. The van der Waals surface area contributed by atoms with E-state index in [-0.39, 0.29) is 0 Å². The highest BCUT2D eigenvalue weighted by molar-refractivity contribution is 4.80. The summed E-state index contributed by atoms with van der Waals surface area (Å²) < 4.78 is 11.1. The van der Waals surface area contributed by atoms with Gasteiger partial charge in [0.2, 0.25) is 0 Å². The summed E-state index contributed by atoms with van der Waals surface area (Å²) in [6.07, 6.45) is 2.15. The van der Waals surface area contributed by atoms with Crippen molar-refractivity contribution in [2.45, 2.75) is 46.3 Å². The zero-order valence-corrected chi connectivity index (χ0v) is 9.89. The predicted molar refractivity (Wildman–Crippen MR) is 55.7 cm³/mol. The van der Waals surface area contributed by atoms with Gasteiger partial charge < -0.3 is 9.47 Å². The molecule has 0 fully saturated rings. The number of rotatable bonds is 6. The highest BCUT2D eigenvalue weighted by atomic mass is 16.7. The van der Waals surface area contributed by atoms with Gasteiger partial charge in [0.25, 0.3) is 0 Å². The molecule has 2 unspecified atom stereocenters. The van der Waals surface area contributed by atoms with Crippen LogP contribution in [0.2, 0.25) is 0 Å². The van der Waals surface area contributed by atoms with Gasteiger partial charge in [0.15, 0.2) is 5.79 Å². The fourth-order valence-electron chi connectivity index (χ4n) is 1.94. The first-order chi connectivity index (χ1) is 6.08. The third kappa shape index (κ3) is 2.44. The van der Waals surface area contributed by atoms with Crippen LogP contribution in [0.3, 0.4) is 0 Å². The Morgan fingerprint density at radius 3 is 1.38 bits per heavy atom. The molecule has 0 radical (unpaired) electrons. The van der Waals surface area contributed by atoms with E-state index in [0.717, 1.165) is 12.8 Å². The van der Waals surface area contributed by atoms with Gasteiger partial charge in [0.05, 0.1) is 0 Å². The summed E-state index contributed by atoms with van der Waals surface area (Å²) in [4.78, 5) is 0. The summed E-state index contributed by atoms with van der Waals surface area (Å²) in [6.45, 7) is 8.69. The van der Waals surface area contributed by atoms with Crippen molar-refractivity contribution < 1.29 is 9.47 Å². The van der Waals surface area contributed by atoms with Crippen LogP contribution in [-0.4, -0.2) is 20.0 Å². The molecule has 0 saturated carbocycles. The fraction of sp³-hybridized carbons (Fsp3) is 1.00. The highest BCUT2D eigenvalue weighted by Crippen LogP contribution is 2.34. The highest BCUT2D eigenvalue weighted by Gasteiger charge is 2.40. The number of hydrogen-bond donors (Lipinski definition) is 0. The molecule has 0 aliphatic heterocycles. The summed E-state index contributed by atoms with van der Waals surface area (Å²) in [5.74, 6) is 0.457. The van der Waals surface area contributed by atoms with Crippen molar-refractivity contribution >= 4 is 0 Å². The molecule has 0 bridgehead atoms. The smallest absolute Gasteiger partial charge is 0.172 e. The Morgan fingerprint density at radius 1 is 0.923 bits per heavy atom. The van der Waals surface area contributed by atoms with Gasteiger partial charge in [-0.15, -0.1) is 0 Å². The summed E-state index contributed by atoms with van der Waals surface area (Å²) in [6, 6.07) is 0. The predicted octanol–water partition coefficient (Wildman–Crippen LogP) is 3.07. The van der Waals surface area contributed by atoms with Gasteiger partial charge in [0.1, 0.15) is 0 Å². The van der Waals surface area contributed by atoms with E-state index in [4.69, 9.17) is 9.47 Å². The Kier molecular flexibility index (Phi) is 5.57. The minimum absolute atomic E-state index is 0.399. The van der Waals surface area contributed by atoms with Gasteiger partial charge in [-0.2, -0.15) is 0 Å². The first kappa shape index (κ1) is 12.9. The summed E-state index contributed by atoms with van der Waals surface area (Å²) in [5, 5.41) is 0. The topological polar surface area (TPSA) is 18.5 Å². The fourth-order valence-corrected chi connectivity index (χ4v) is 1.94. The van der Waals surface area contributed by atoms with Crippen molar-refractivity contribution in [2.24, 2.45) is 11.8 Å². The van der Waals surface area contributed by atoms with Crippen LogP contribution in [0.1, 0.15) is 40.5 Å². The van der Waals surface area contributed by atoms with Gasteiger partial charge in [-0.1, -0.05) is 27.7 Å². The second kappa shape index (κ2) is 5.61. The zero-order valence-electron chi connectivity index (χ0n) is 9.89. The van der Waals surface area contributed by atoms with Crippen LogP contribution in [0.25, 0.3) is 0 Å². The van der Waals surface area contributed by atoms with Crippen molar-refractivity contribution in [1.82, 2.24) is 0 Å². The van der Waals surface area contributed by atoms with Crippen LogP contribution in [0.5, 0.6) is 0 Å². The molecule has 0 aromatic carbocycles. The average Bonchev–Trinajstić information content (AvgIpc) is 2.19.